The molecule has 7 nitrogen and oxygen atoms in total. The molecule has 2 aromatic carbocycles. The molecule has 1 aliphatic heterocycles. The van der Waals surface area contributed by atoms with E-state index in [9.17, 15) is 18.0 Å². The van der Waals surface area contributed by atoms with Gasteiger partial charge in [0.25, 0.3) is 10.0 Å². The van der Waals surface area contributed by atoms with Crippen LogP contribution < -0.4 is 15.4 Å². The Morgan fingerprint density at radius 1 is 1.11 bits per heavy atom. The summed E-state index contributed by atoms with van der Waals surface area (Å²) in [5.41, 5.74) is 3.13. The van der Waals surface area contributed by atoms with Gasteiger partial charge in [-0.1, -0.05) is 6.92 Å². The second kappa shape index (κ2) is 7.40. The SMILES string of the molecule is CCC(=O)Nc1ccc(S(=O)(=O)Nc2ccc3c(c2)CCC(=O)N3)c(C)c1. The minimum Gasteiger partial charge on any atom is -0.326 e. The lowest BCUT2D eigenvalue weighted by Crippen LogP contribution is -2.19. The second-order valence-corrected chi connectivity index (χ2v) is 8.06. The zero-order chi connectivity index (χ0) is 19.6. The van der Waals surface area contributed by atoms with Gasteiger partial charge in [0.15, 0.2) is 0 Å². The van der Waals surface area contributed by atoms with Crippen LogP contribution in [0.25, 0.3) is 0 Å². The number of rotatable bonds is 5. The smallest absolute Gasteiger partial charge is 0.262 e. The van der Waals surface area contributed by atoms with Crippen LogP contribution in [-0.2, 0) is 26.0 Å². The average molecular weight is 387 g/mol. The number of fused-ring (bicyclic) bond motifs is 1. The molecule has 1 heterocycles. The normalized spacial score (nSPS) is 13.5. The maximum absolute atomic E-state index is 12.8. The Morgan fingerprint density at radius 2 is 1.85 bits per heavy atom. The van der Waals surface area contributed by atoms with E-state index in [1.165, 1.54) is 6.07 Å². The predicted octanol–water partition coefficient (Wildman–Crippen LogP) is 3.03. The predicted molar refractivity (Wildman–Crippen MR) is 104 cm³/mol. The molecule has 0 unspecified atom stereocenters. The van der Waals surface area contributed by atoms with E-state index in [1.54, 1.807) is 44.2 Å². The fourth-order valence-corrected chi connectivity index (χ4v) is 4.21. The molecule has 0 atom stereocenters. The summed E-state index contributed by atoms with van der Waals surface area (Å²) < 4.78 is 28.1. The van der Waals surface area contributed by atoms with E-state index < -0.39 is 10.0 Å². The van der Waals surface area contributed by atoms with Crippen LogP contribution in [0.4, 0.5) is 17.1 Å². The van der Waals surface area contributed by atoms with Crippen molar-refractivity contribution in [2.24, 2.45) is 0 Å². The highest BCUT2D eigenvalue weighted by Crippen LogP contribution is 2.28. The van der Waals surface area contributed by atoms with Gasteiger partial charge >= 0.3 is 0 Å². The molecule has 3 rings (SSSR count). The van der Waals surface area contributed by atoms with E-state index in [0.29, 0.717) is 41.9 Å². The highest BCUT2D eigenvalue weighted by Gasteiger charge is 2.20. The fraction of sp³-hybridized carbons (Fsp3) is 0.263. The van der Waals surface area contributed by atoms with Crippen LogP contribution in [0, 0.1) is 6.92 Å². The molecule has 2 amide bonds. The van der Waals surface area contributed by atoms with Gasteiger partial charge in [-0.3, -0.25) is 14.3 Å². The number of hydrogen-bond donors (Lipinski definition) is 3. The number of anilines is 3. The van der Waals surface area contributed by atoms with Crippen molar-refractivity contribution < 1.29 is 18.0 Å². The van der Waals surface area contributed by atoms with Crippen molar-refractivity contribution >= 4 is 38.9 Å². The van der Waals surface area contributed by atoms with Crippen LogP contribution in [0.2, 0.25) is 0 Å². The zero-order valence-corrected chi connectivity index (χ0v) is 15.9. The summed E-state index contributed by atoms with van der Waals surface area (Å²) in [5.74, 6) is -0.175. The molecule has 0 saturated heterocycles. The lowest BCUT2D eigenvalue weighted by Gasteiger charge is -2.18. The Labute approximate surface area is 158 Å². The van der Waals surface area contributed by atoms with Crippen molar-refractivity contribution in [1.82, 2.24) is 0 Å². The summed E-state index contributed by atoms with van der Waals surface area (Å²) >= 11 is 0. The molecular formula is C19H21N3O4S. The van der Waals surface area contributed by atoms with E-state index in [0.717, 1.165) is 5.56 Å². The maximum atomic E-state index is 12.8. The van der Waals surface area contributed by atoms with Crippen molar-refractivity contribution in [3.8, 4) is 0 Å². The van der Waals surface area contributed by atoms with Gasteiger partial charge in [0.2, 0.25) is 11.8 Å². The Hall–Kier alpha value is -2.87. The number of carbonyl (C=O) groups is 2. The molecule has 0 aliphatic carbocycles. The van der Waals surface area contributed by atoms with Gasteiger partial charge < -0.3 is 10.6 Å². The van der Waals surface area contributed by atoms with Crippen LogP contribution in [0.15, 0.2) is 41.3 Å². The molecule has 0 fully saturated rings. The summed E-state index contributed by atoms with van der Waals surface area (Å²) in [5, 5.41) is 5.48. The minimum absolute atomic E-state index is 0.0401. The number of nitrogens with one attached hydrogen (secondary N) is 3. The first-order valence-corrected chi connectivity index (χ1v) is 10.1. The first-order chi connectivity index (χ1) is 12.8. The van der Waals surface area contributed by atoms with E-state index in [1.807, 2.05) is 0 Å². The standard InChI is InChI=1S/C19H21N3O4S/c1-3-18(23)20-14-6-8-17(12(2)10-14)27(25,26)22-15-5-7-16-13(11-15)4-9-19(24)21-16/h5-8,10-11,22H,3-4,9H2,1-2H3,(H,20,23)(H,21,24). The van der Waals surface area contributed by atoms with Gasteiger partial charge in [0.1, 0.15) is 0 Å². The summed E-state index contributed by atoms with van der Waals surface area (Å²) in [6, 6.07) is 9.72. The molecule has 1 aliphatic rings. The second-order valence-electron chi connectivity index (χ2n) is 6.41. The van der Waals surface area contributed by atoms with Crippen LogP contribution in [0.5, 0.6) is 0 Å². The quantitative estimate of drug-likeness (QED) is 0.733. The van der Waals surface area contributed by atoms with Crippen LogP contribution in [0.1, 0.15) is 30.9 Å². The first-order valence-electron chi connectivity index (χ1n) is 8.64. The molecule has 27 heavy (non-hydrogen) atoms. The molecule has 0 aromatic heterocycles. The van der Waals surface area contributed by atoms with Crippen molar-refractivity contribution in [2.75, 3.05) is 15.4 Å². The molecule has 0 radical (unpaired) electrons. The van der Waals surface area contributed by atoms with Gasteiger partial charge in [-0.15, -0.1) is 0 Å². The number of benzene rings is 2. The fourth-order valence-electron chi connectivity index (χ4n) is 2.94. The van der Waals surface area contributed by atoms with Crippen LogP contribution in [0.3, 0.4) is 0 Å². The van der Waals surface area contributed by atoms with Gasteiger partial charge in [-0.25, -0.2) is 8.42 Å². The Balaban J connectivity index is 1.83. The van der Waals surface area contributed by atoms with Gasteiger partial charge in [0.05, 0.1) is 4.90 Å². The van der Waals surface area contributed by atoms with Crippen molar-refractivity contribution in [1.29, 1.82) is 0 Å². The van der Waals surface area contributed by atoms with Gasteiger partial charge in [-0.2, -0.15) is 0 Å². The largest absolute Gasteiger partial charge is 0.326 e. The molecule has 0 bridgehead atoms. The topological polar surface area (TPSA) is 104 Å². The van der Waals surface area contributed by atoms with Crippen molar-refractivity contribution in [3.63, 3.8) is 0 Å². The Kier molecular flexibility index (Phi) is 5.18. The molecule has 3 N–H and O–H groups in total. The van der Waals surface area contributed by atoms with Crippen LogP contribution in [-0.4, -0.2) is 20.2 Å². The van der Waals surface area contributed by atoms with Gasteiger partial charge in [-0.05, 0) is 60.9 Å². The number of sulfonamides is 1. The lowest BCUT2D eigenvalue weighted by molar-refractivity contribution is -0.117. The molecule has 0 spiro atoms. The van der Waals surface area contributed by atoms with Crippen molar-refractivity contribution in [2.45, 2.75) is 38.0 Å². The number of amides is 2. The molecule has 2 aromatic rings. The highest BCUT2D eigenvalue weighted by molar-refractivity contribution is 7.92. The first kappa shape index (κ1) is 18.9. The lowest BCUT2D eigenvalue weighted by atomic mass is 10.0. The maximum Gasteiger partial charge on any atom is 0.262 e. The molecular weight excluding hydrogens is 366 g/mol. The summed E-state index contributed by atoms with van der Waals surface area (Å²) in [7, 11) is -3.78. The summed E-state index contributed by atoms with van der Waals surface area (Å²) in [4.78, 5) is 23.1. The summed E-state index contributed by atoms with van der Waals surface area (Å²) in [6.45, 7) is 3.42. The molecule has 8 heteroatoms. The Bertz CT molecular complexity index is 1020. The van der Waals surface area contributed by atoms with Crippen LogP contribution >= 0.6 is 0 Å². The van der Waals surface area contributed by atoms with Gasteiger partial charge in [0, 0.05) is 29.9 Å². The van der Waals surface area contributed by atoms with E-state index in [2.05, 4.69) is 15.4 Å². The van der Waals surface area contributed by atoms with Crippen molar-refractivity contribution in [3.05, 3.63) is 47.5 Å². The summed E-state index contributed by atoms with van der Waals surface area (Å²) in [6.07, 6.45) is 1.30. The molecule has 0 saturated carbocycles. The average Bonchev–Trinajstić information content (AvgIpc) is 2.61. The third kappa shape index (κ3) is 4.28. The van der Waals surface area contributed by atoms with E-state index >= 15 is 0 Å². The number of aryl methyl sites for hydroxylation is 2. The third-order valence-electron chi connectivity index (χ3n) is 4.32. The van der Waals surface area contributed by atoms with E-state index in [4.69, 9.17) is 0 Å². The third-order valence-corrected chi connectivity index (χ3v) is 5.86. The minimum atomic E-state index is -3.78. The Morgan fingerprint density at radius 3 is 2.56 bits per heavy atom. The number of carbonyl (C=O) groups excluding carboxylic acids is 2. The van der Waals surface area contributed by atoms with E-state index in [-0.39, 0.29) is 16.7 Å². The highest BCUT2D eigenvalue weighted by atomic mass is 32.2. The zero-order valence-electron chi connectivity index (χ0n) is 15.1. The monoisotopic (exact) mass is 387 g/mol. The number of hydrogen-bond acceptors (Lipinski definition) is 4. The molecule has 142 valence electrons.